The maximum atomic E-state index is 12.3. The van der Waals surface area contributed by atoms with Gasteiger partial charge in [0.15, 0.2) is 0 Å². The van der Waals surface area contributed by atoms with E-state index in [1.807, 2.05) is 52.0 Å². The van der Waals surface area contributed by atoms with Crippen LogP contribution in [0.25, 0.3) is 0 Å². The summed E-state index contributed by atoms with van der Waals surface area (Å²) in [5, 5.41) is 2.88. The largest absolute Gasteiger partial charge is 0.491 e. The zero-order valence-corrected chi connectivity index (χ0v) is 13.0. The molecule has 0 saturated heterocycles. The second-order valence-corrected chi connectivity index (χ2v) is 5.33. The number of carbonyl (C=O) groups excluding carboxylic acids is 1. The molecule has 0 aliphatic heterocycles. The minimum atomic E-state index is -0.790. The average Bonchev–Trinajstić information content (AvgIpc) is 2.40. The number of carbonyl (C=O) groups is 1. The van der Waals surface area contributed by atoms with Crippen LogP contribution in [0.2, 0.25) is 0 Å². The molecule has 20 heavy (non-hydrogen) atoms. The molecule has 0 unspecified atom stereocenters. The predicted molar refractivity (Wildman–Crippen MR) is 81.2 cm³/mol. The zero-order valence-electron chi connectivity index (χ0n) is 13.0. The van der Waals surface area contributed by atoms with Gasteiger partial charge < -0.3 is 14.8 Å². The molecule has 0 aliphatic rings. The fourth-order valence-electron chi connectivity index (χ4n) is 1.94. The summed E-state index contributed by atoms with van der Waals surface area (Å²) in [6.45, 7) is 7.79. The van der Waals surface area contributed by atoms with E-state index >= 15 is 0 Å². The van der Waals surface area contributed by atoms with E-state index in [1.165, 1.54) is 0 Å². The van der Waals surface area contributed by atoms with E-state index in [0.717, 1.165) is 17.9 Å². The van der Waals surface area contributed by atoms with Crippen molar-refractivity contribution in [2.24, 2.45) is 0 Å². The van der Waals surface area contributed by atoms with Gasteiger partial charge in [-0.2, -0.15) is 0 Å². The first-order chi connectivity index (χ1) is 9.41. The third kappa shape index (κ3) is 4.53. The lowest BCUT2D eigenvalue weighted by Gasteiger charge is -2.26. The summed E-state index contributed by atoms with van der Waals surface area (Å²) in [6.07, 6.45) is 1.71. The van der Waals surface area contributed by atoms with Crippen LogP contribution >= 0.6 is 0 Å². The highest BCUT2D eigenvalue weighted by Crippen LogP contribution is 2.21. The monoisotopic (exact) mass is 279 g/mol. The molecule has 0 heterocycles. The topological polar surface area (TPSA) is 47.6 Å². The van der Waals surface area contributed by atoms with Gasteiger partial charge in [-0.15, -0.1) is 0 Å². The van der Waals surface area contributed by atoms with Crippen molar-refractivity contribution < 1.29 is 14.3 Å². The third-order valence-corrected chi connectivity index (χ3v) is 3.14. The summed E-state index contributed by atoms with van der Waals surface area (Å²) in [4.78, 5) is 12.3. The molecule has 1 atom stereocenters. The number of anilines is 1. The molecule has 4 nitrogen and oxygen atoms in total. The van der Waals surface area contributed by atoms with Crippen LogP contribution in [-0.2, 0) is 9.53 Å². The SMILES string of the molecule is CCC[C@](C)(OC)C(=O)Nc1ccc(OC(C)C)cc1. The van der Waals surface area contributed by atoms with E-state index in [2.05, 4.69) is 5.32 Å². The van der Waals surface area contributed by atoms with Crippen LogP contribution in [0.4, 0.5) is 5.69 Å². The Morgan fingerprint density at radius 1 is 1.30 bits per heavy atom. The van der Waals surface area contributed by atoms with Crippen molar-refractivity contribution in [3.05, 3.63) is 24.3 Å². The van der Waals surface area contributed by atoms with E-state index in [1.54, 1.807) is 7.11 Å². The molecule has 112 valence electrons. The Morgan fingerprint density at radius 2 is 1.90 bits per heavy atom. The number of hydrogen-bond acceptors (Lipinski definition) is 3. The van der Waals surface area contributed by atoms with Crippen LogP contribution in [0.3, 0.4) is 0 Å². The molecule has 1 N–H and O–H groups in total. The standard InChI is InChI=1S/C16H25NO3/c1-6-11-16(4,19-5)15(18)17-13-7-9-14(10-8-13)20-12(2)3/h7-10,12H,6,11H2,1-5H3,(H,17,18)/t16-/m0/s1. The number of ether oxygens (including phenoxy) is 2. The van der Waals surface area contributed by atoms with Crippen molar-refractivity contribution >= 4 is 11.6 Å². The van der Waals surface area contributed by atoms with E-state index in [0.29, 0.717) is 6.42 Å². The molecule has 0 spiro atoms. The molecular formula is C16H25NO3. The predicted octanol–water partition coefficient (Wildman–Crippen LogP) is 3.62. The maximum Gasteiger partial charge on any atom is 0.256 e. The summed E-state index contributed by atoms with van der Waals surface area (Å²) in [5.74, 6) is 0.667. The van der Waals surface area contributed by atoms with Crippen molar-refractivity contribution in [3.63, 3.8) is 0 Å². The van der Waals surface area contributed by atoms with Gasteiger partial charge in [-0.25, -0.2) is 0 Å². The minimum Gasteiger partial charge on any atom is -0.491 e. The molecule has 0 aromatic heterocycles. The van der Waals surface area contributed by atoms with Gasteiger partial charge >= 0.3 is 0 Å². The van der Waals surface area contributed by atoms with Crippen LogP contribution in [0, 0.1) is 0 Å². The molecule has 1 aromatic rings. The Bertz CT molecular complexity index is 428. The van der Waals surface area contributed by atoms with Gasteiger partial charge in [-0.05, 0) is 51.5 Å². The number of nitrogens with one attached hydrogen (secondary N) is 1. The lowest BCUT2D eigenvalue weighted by molar-refractivity contribution is -0.136. The van der Waals surface area contributed by atoms with E-state index < -0.39 is 5.60 Å². The molecular weight excluding hydrogens is 254 g/mol. The van der Waals surface area contributed by atoms with Gasteiger partial charge in [0.25, 0.3) is 5.91 Å². The lowest BCUT2D eigenvalue weighted by atomic mass is 9.99. The number of hydrogen-bond donors (Lipinski definition) is 1. The first kappa shape index (κ1) is 16.5. The Labute approximate surface area is 121 Å². The van der Waals surface area contributed by atoms with E-state index in [4.69, 9.17) is 9.47 Å². The Balaban J connectivity index is 2.70. The average molecular weight is 279 g/mol. The van der Waals surface area contributed by atoms with Gasteiger partial charge in [0.1, 0.15) is 11.4 Å². The van der Waals surface area contributed by atoms with Crippen LogP contribution < -0.4 is 10.1 Å². The van der Waals surface area contributed by atoms with Crippen LogP contribution in [0.1, 0.15) is 40.5 Å². The second kappa shape index (κ2) is 7.29. The number of benzene rings is 1. The molecule has 0 radical (unpaired) electrons. The summed E-state index contributed by atoms with van der Waals surface area (Å²) in [5.41, 5.74) is -0.0486. The minimum absolute atomic E-state index is 0.126. The van der Waals surface area contributed by atoms with Gasteiger partial charge in [0.2, 0.25) is 0 Å². The Morgan fingerprint density at radius 3 is 2.35 bits per heavy atom. The van der Waals surface area contributed by atoms with Crippen LogP contribution in [-0.4, -0.2) is 24.7 Å². The molecule has 0 bridgehead atoms. The first-order valence-electron chi connectivity index (χ1n) is 7.04. The normalized spacial score (nSPS) is 13.9. The van der Waals surface area contributed by atoms with Gasteiger partial charge in [-0.1, -0.05) is 13.3 Å². The quantitative estimate of drug-likeness (QED) is 0.829. The molecule has 1 amide bonds. The summed E-state index contributed by atoms with van der Waals surface area (Å²) in [7, 11) is 1.56. The van der Waals surface area contributed by atoms with Gasteiger partial charge in [0.05, 0.1) is 6.10 Å². The highest BCUT2D eigenvalue weighted by molar-refractivity contribution is 5.97. The second-order valence-electron chi connectivity index (χ2n) is 5.33. The van der Waals surface area contributed by atoms with Crippen molar-refractivity contribution in [2.45, 2.75) is 52.2 Å². The van der Waals surface area contributed by atoms with Crippen molar-refractivity contribution in [3.8, 4) is 5.75 Å². The van der Waals surface area contributed by atoms with E-state index in [-0.39, 0.29) is 12.0 Å². The highest BCUT2D eigenvalue weighted by atomic mass is 16.5. The van der Waals surface area contributed by atoms with Gasteiger partial charge in [-0.3, -0.25) is 4.79 Å². The van der Waals surface area contributed by atoms with Gasteiger partial charge in [0, 0.05) is 12.8 Å². The molecule has 1 rings (SSSR count). The Kier molecular flexibility index (Phi) is 6.02. The summed E-state index contributed by atoms with van der Waals surface area (Å²) < 4.78 is 10.9. The Hall–Kier alpha value is -1.55. The first-order valence-corrected chi connectivity index (χ1v) is 7.04. The molecule has 4 heteroatoms. The number of amides is 1. The molecule has 0 aliphatic carbocycles. The fraction of sp³-hybridized carbons (Fsp3) is 0.562. The molecule has 0 fully saturated rings. The molecule has 0 saturated carbocycles. The molecule has 1 aromatic carbocycles. The van der Waals surface area contributed by atoms with E-state index in [9.17, 15) is 4.79 Å². The number of rotatable bonds is 7. The summed E-state index contributed by atoms with van der Waals surface area (Å²) in [6, 6.07) is 7.36. The summed E-state index contributed by atoms with van der Waals surface area (Å²) >= 11 is 0. The lowest BCUT2D eigenvalue weighted by Crippen LogP contribution is -2.41. The van der Waals surface area contributed by atoms with Crippen LogP contribution in [0.15, 0.2) is 24.3 Å². The third-order valence-electron chi connectivity index (χ3n) is 3.14. The fourth-order valence-corrected chi connectivity index (χ4v) is 1.94. The number of methoxy groups -OCH3 is 1. The van der Waals surface area contributed by atoms with Crippen molar-refractivity contribution in [2.75, 3.05) is 12.4 Å². The smallest absolute Gasteiger partial charge is 0.256 e. The zero-order chi connectivity index (χ0) is 15.2. The van der Waals surface area contributed by atoms with Crippen molar-refractivity contribution in [1.82, 2.24) is 0 Å². The van der Waals surface area contributed by atoms with Crippen molar-refractivity contribution in [1.29, 1.82) is 0 Å². The highest BCUT2D eigenvalue weighted by Gasteiger charge is 2.31. The maximum absolute atomic E-state index is 12.3. The van der Waals surface area contributed by atoms with Crippen LogP contribution in [0.5, 0.6) is 5.75 Å².